The highest BCUT2D eigenvalue weighted by atomic mass is 35.5. The van der Waals surface area contributed by atoms with Crippen LogP contribution in [0.2, 0.25) is 5.02 Å². The molecule has 3 aromatic rings. The monoisotopic (exact) mass is 421 g/mol. The molecule has 0 bridgehead atoms. The number of amides is 1. The summed E-state index contributed by atoms with van der Waals surface area (Å²) in [5, 5.41) is 4.36. The van der Waals surface area contributed by atoms with Crippen LogP contribution in [0.1, 0.15) is 35.9 Å². The van der Waals surface area contributed by atoms with Gasteiger partial charge in [0.1, 0.15) is 6.04 Å². The van der Waals surface area contributed by atoms with Crippen molar-refractivity contribution in [2.24, 2.45) is 0 Å². The second-order valence-electron chi connectivity index (χ2n) is 6.70. The molecule has 2 aromatic carbocycles. The molecule has 1 aliphatic rings. The molecule has 1 unspecified atom stereocenters. The van der Waals surface area contributed by atoms with Crippen molar-refractivity contribution in [3.8, 4) is 11.4 Å². The molecule has 0 aliphatic carbocycles. The molecular formula is C20H15ClF3N3O2. The summed E-state index contributed by atoms with van der Waals surface area (Å²) >= 11 is 6.20. The van der Waals surface area contributed by atoms with Gasteiger partial charge in [0, 0.05) is 23.6 Å². The van der Waals surface area contributed by atoms with Crippen molar-refractivity contribution in [2.45, 2.75) is 31.6 Å². The number of hydrogen-bond acceptors (Lipinski definition) is 4. The average molecular weight is 422 g/mol. The largest absolute Gasteiger partial charge is 0.416 e. The van der Waals surface area contributed by atoms with Crippen LogP contribution in [-0.4, -0.2) is 20.9 Å². The van der Waals surface area contributed by atoms with E-state index in [9.17, 15) is 18.0 Å². The molecule has 9 heteroatoms. The Morgan fingerprint density at radius 2 is 1.97 bits per heavy atom. The highest BCUT2D eigenvalue weighted by Crippen LogP contribution is 2.36. The summed E-state index contributed by atoms with van der Waals surface area (Å²) in [6.45, 7) is 0.282. The molecular weight excluding hydrogens is 407 g/mol. The third-order valence-electron chi connectivity index (χ3n) is 4.80. The molecule has 1 aromatic heterocycles. The first kappa shape index (κ1) is 19.4. The van der Waals surface area contributed by atoms with Gasteiger partial charge in [-0.1, -0.05) is 47.1 Å². The number of benzene rings is 2. The first-order valence-corrected chi connectivity index (χ1v) is 9.25. The summed E-state index contributed by atoms with van der Waals surface area (Å²) in [5.74, 6) is 0.159. The minimum atomic E-state index is -4.47. The number of alkyl halides is 3. The molecule has 0 spiro atoms. The van der Waals surface area contributed by atoms with Gasteiger partial charge in [-0.3, -0.25) is 4.79 Å². The van der Waals surface area contributed by atoms with E-state index in [4.69, 9.17) is 16.1 Å². The van der Waals surface area contributed by atoms with E-state index in [1.165, 1.54) is 12.1 Å². The van der Waals surface area contributed by atoms with Crippen LogP contribution in [0.4, 0.5) is 13.2 Å². The molecule has 1 saturated heterocycles. The van der Waals surface area contributed by atoms with Gasteiger partial charge in [-0.2, -0.15) is 18.2 Å². The van der Waals surface area contributed by atoms with E-state index in [1.54, 1.807) is 17.0 Å². The van der Waals surface area contributed by atoms with Crippen LogP contribution in [0, 0.1) is 0 Å². The van der Waals surface area contributed by atoms with E-state index in [1.807, 2.05) is 12.1 Å². The van der Waals surface area contributed by atoms with Crippen molar-refractivity contribution in [2.75, 3.05) is 0 Å². The first-order valence-electron chi connectivity index (χ1n) is 8.87. The minimum absolute atomic E-state index is 0.0446. The number of hydrogen-bond donors (Lipinski definition) is 0. The lowest BCUT2D eigenvalue weighted by atomic mass is 10.1. The van der Waals surface area contributed by atoms with Crippen molar-refractivity contribution < 1.29 is 22.5 Å². The van der Waals surface area contributed by atoms with E-state index in [0.717, 1.165) is 17.7 Å². The fourth-order valence-corrected chi connectivity index (χ4v) is 3.52. The van der Waals surface area contributed by atoms with E-state index >= 15 is 0 Å². The Balaban J connectivity index is 1.60. The number of rotatable bonds is 4. The number of nitrogens with zero attached hydrogens (tertiary/aromatic N) is 3. The molecule has 0 radical (unpaired) electrons. The fraction of sp³-hybridized carbons (Fsp3) is 0.250. The molecule has 2 heterocycles. The van der Waals surface area contributed by atoms with Crippen molar-refractivity contribution in [1.29, 1.82) is 0 Å². The number of aromatic nitrogens is 2. The van der Waals surface area contributed by atoms with Gasteiger partial charge in [0.2, 0.25) is 17.6 Å². The number of likely N-dealkylation sites (tertiary alicyclic amines) is 1. The first-order chi connectivity index (χ1) is 13.8. The molecule has 4 rings (SSSR count). The summed E-state index contributed by atoms with van der Waals surface area (Å²) < 4.78 is 44.2. The van der Waals surface area contributed by atoms with Gasteiger partial charge in [-0.25, -0.2) is 0 Å². The Kier molecular flexibility index (Phi) is 5.04. The summed E-state index contributed by atoms with van der Waals surface area (Å²) in [6, 6.07) is 11.5. The number of halogens is 4. The molecule has 0 N–H and O–H groups in total. The molecule has 5 nitrogen and oxygen atoms in total. The lowest BCUT2D eigenvalue weighted by molar-refractivity contribution is -0.137. The van der Waals surface area contributed by atoms with Crippen LogP contribution < -0.4 is 0 Å². The number of carbonyl (C=O) groups excluding carboxylic acids is 1. The van der Waals surface area contributed by atoms with Crippen LogP contribution in [0.15, 0.2) is 53.1 Å². The van der Waals surface area contributed by atoms with Crippen molar-refractivity contribution in [3.63, 3.8) is 0 Å². The smallest absolute Gasteiger partial charge is 0.337 e. The van der Waals surface area contributed by atoms with Gasteiger partial charge < -0.3 is 9.42 Å². The Bertz CT molecular complexity index is 1050. The molecule has 1 amide bonds. The van der Waals surface area contributed by atoms with E-state index in [0.29, 0.717) is 17.9 Å². The Morgan fingerprint density at radius 1 is 1.17 bits per heavy atom. The van der Waals surface area contributed by atoms with Crippen LogP contribution in [0.25, 0.3) is 11.4 Å². The maximum Gasteiger partial charge on any atom is 0.416 e. The second-order valence-corrected chi connectivity index (χ2v) is 7.11. The van der Waals surface area contributed by atoms with Crippen molar-refractivity contribution >= 4 is 17.5 Å². The van der Waals surface area contributed by atoms with Crippen LogP contribution in [-0.2, 0) is 17.5 Å². The summed E-state index contributed by atoms with van der Waals surface area (Å²) in [7, 11) is 0. The maximum absolute atomic E-state index is 12.9. The minimum Gasteiger partial charge on any atom is -0.337 e. The van der Waals surface area contributed by atoms with Gasteiger partial charge in [-0.15, -0.1) is 0 Å². The van der Waals surface area contributed by atoms with Crippen molar-refractivity contribution in [3.05, 3.63) is 70.6 Å². The van der Waals surface area contributed by atoms with Gasteiger partial charge in [0.15, 0.2) is 0 Å². The van der Waals surface area contributed by atoms with E-state index in [2.05, 4.69) is 10.1 Å². The molecule has 1 aliphatic heterocycles. The lowest BCUT2D eigenvalue weighted by Gasteiger charge is -2.22. The number of carbonyl (C=O) groups is 1. The Hall–Kier alpha value is -2.87. The predicted octanol–water partition coefficient (Wildman–Crippen LogP) is 5.27. The highest BCUT2D eigenvalue weighted by molar-refractivity contribution is 6.31. The Morgan fingerprint density at radius 3 is 2.72 bits per heavy atom. The normalized spacial score (nSPS) is 17.2. The van der Waals surface area contributed by atoms with Crippen molar-refractivity contribution in [1.82, 2.24) is 15.0 Å². The zero-order valence-corrected chi connectivity index (χ0v) is 15.7. The third-order valence-corrected chi connectivity index (χ3v) is 5.17. The topological polar surface area (TPSA) is 59.2 Å². The SMILES string of the molecule is O=C1CCC(c2nc(-c3cccc(C(F)(F)F)c3)no2)N1Cc1ccccc1Cl. The predicted molar refractivity (Wildman–Crippen MR) is 98.7 cm³/mol. The summed E-state index contributed by atoms with van der Waals surface area (Å²) in [4.78, 5) is 18.2. The highest BCUT2D eigenvalue weighted by Gasteiger charge is 2.36. The average Bonchev–Trinajstić information content (AvgIpc) is 3.30. The molecule has 1 atom stereocenters. The standard InChI is InChI=1S/C20H15ClF3N3O2/c21-15-7-2-1-4-13(15)11-27-16(8-9-17(27)28)19-25-18(26-29-19)12-5-3-6-14(10-12)20(22,23)24/h1-7,10,16H,8-9,11H2. The second kappa shape index (κ2) is 7.51. The zero-order valence-electron chi connectivity index (χ0n) is 15.0. The molecule has 1 fully saturated rings. The lowest BCUT2D eigenvalue weighted by Crippen LogP contribution is -2.27. The molecule has 29 heavy (non-hydrogen) atoms. The Labute approximate surface area is 169 Å². The van der Waals surface area contributed by atoms with Crippen LogP contribution in [0.3, 0.4) is 0 Å². The molecule has 0 saturated carbocycles. The molecule has 150 valence electrons. The third kappa shape index (κ3) is 3.98. The van der Waals surface area contributed by atoms with Gasteiger partial charge in [-0.05, 0) is 30.2 Å². The van der Waals surface area contributed by atoms with Gasteiger partial charge in [0.25, 0.3) is 0 Å². The van der Waals surface area contributed by atoms with Crippen LogP contribution in [0.5, 0.6) is 0 Å². The quantitative estimate of drug-likeness (QED) is 0.575. The van der Waals surface area contributed by atoms with Gasteiger partial charge in [0.05, 0.1) is 5.56 Å². The van der Waals surface area contributed by atoms with E-state index < -0.39 is 17.8 Å². The van der Waals surface area contributed by atoms with Crippen LogP contribution >= 0.6 is 11.6 Å². The summed E-state index contributed by atoms with van der Waals surface area (Å²) in [6.07, 6.45) is -3.67. The summed E-state index contributed by atoms with van der Waals surface area (Å²) in [5.41, 5.74) is 0.182. The maximum atomic E-state index is 12.9. The van der Waals surface area contributed by atoms with Gasteiger partial charge >= 0.3 is 6.18 Å². The fourth-order valence-electron chi connectivity index (χ4n) is 3.32. The zero-order chi connectivity index (χ0) is 20.6. The van der Waals surface area contributed by atoms with E-state index in [-0.39, 0.29) is 29.7 Å².